The van der Waals surface area contributed by atoms with Crippen LogP contribution in [0.1, 0.15) is 31.2 Å². The van der Waals surface area contributed by atoms with Crippen LogP contribution in [0.4, 0.5) is 0 Å². The van der Waals surface area contributed by atoms with Gasteiger partial charge in [-0.15, -0.1) is 0 Å². The normalized spacial score (nSPS) is 15.2. The lowest BCUT2D eigenvalue weighted by Crippen LogP contribution is -3.00. The molecule has 0 fully saturated rings. The first kappa shape index (κ1) is 16.3. The van der Waals surface area contributed by atoms with Crippen LogP contribution in [0.2, 0.25) is 0 Å². The first-order valence-electron chi connectivity index (χ1n) is 6.49. The number of benzene rings is 1. The summed E-state index contributed by atoms with van der Waals surface area (Å²) in [6, 6.07) is 5.09. The maximum atomic E-state index is 9.49. The van der Waals surface area contributed by atoms with E-state index in [4.69, 9.17) is 4.74 Å². The van der Waals surface area contributed by atoms with Gasteiger partial charge >= 0.3 is 0 Å². The van der Waals surface area contributed by atoms with Crippen LogP contribution in [0.25, 0.3) is 0 Å². The number of halogens is 1. The molecular weight excluding hydrogens is 278 g/mol. The van der Waals surface area contributed by atoms with Crippen molar-refractivity contribution in [2.24, 2.45) is 10.1 Å². The quantitative estimate of drug-likeness (QED) is 0.573. The second-order valence-electron chi connectivity index (χ2n) is 4.44. The summed E-state index contributed by atoms with van der Waals surface area (Å²) in [5.41, 5.74) is 3.84. The molecule has 0 amide bonds. The fourth-order valence-electron chi connectivity index (χ4n) is 1.92. The Labute approximate surface area is 125 Å². The molecule has 1 aromatic carbocycles. The van der Waals surface area contributed by atoms with E-state index in [1.165, 1.54) is 13.5 Å². The molecule has 0 radical (unpaired) electrons. The molecule has 2 rings (SSSR count). The Bertz CT molecular complexity index is 489. The maximum absolute atomic E-state index is 9.49. The predicted octanol–water partition coefficient (Wildman–Crippen LogP) is -0.699. The number of ether oxygens (including phenoxy) is 1. The standard InChI is InChI=1S/C14H19N3O2.ClH/c1-19-13-9-11(6-7-12(13)18)10-16-17-14-5-3-2-4-8-15-14;/h6-7,9-10,18H,2-5,8H2,1H3,(H,15,17);1H/p-1. The van der Waals surface area contributed by atoms with E-state index in [0.717, 1.165) is 37.2 Å². The number of phenols is 1. The fourth-order valence-corrected chi connectivity index (χ4v) is 1.92. The molecule has 1 aliphatic heterocycles. The number of nitrogens with zero attached hydrogens (tertiary/aromatic N) is 2. The molecule has 5 nitrogen and oxygen atoms in total. The van der Waals surface area contributed by atoms with Crippen LogP contribution in [-0.2, 0) is 0 Å². The Morgan fingerprint density at radius 2 is 2.20 bits per heavy atom. The van der Waals surface area contributed by atoms with Crippen LogP contribution >= 0.6 is 0 Å². The number of hydrazone groups is 1. The van der Waals surface area contributed by atoms with Crippen LogP contribution in [0.5, 0.6) is 11.5 Å². The van der Waals surface area contributed by atoms with Gasteiger partial charge in [0.15, 0.2) is 11.5 Å². The molecule has 0 saturated heterocycles. The highest BCUT2D eigenvalue weighted by atomic mass is 35.5. The SMILES string of the molecule is COc1cc(C=NNC2=NCCCCC2)ccc1O.[Cl-]. The minimum absolute atomic E-state index is 0. The van der Waals surface area contributed by atoms with E-state index in [1.807, 2.05) is 0 Å². The van der Waals surface area contributed by atoms with E-state index in [1.54, 1.807) is 24.4 Å². The van der Waals surface area contributed by atoms with Gasteiger partial charge in [-0.3, -0.25) is 10.4 Å². The number of methoxy groups -OCH3 is 1. The van der Waals surface area contributed by atoms with Crippen molar-refractivity contribution >= 4 is 12.1 Å². The van der Waals surface area contributed by atoms with E-state index in [2.05, 4.69) is 15.5 Å². The van der Waals surface area contributed by atoms with Crippen molar-refractivity contribution in [2.75, 3.05) is 13.7 Å². The predicted molar refractivity (Wildman–Crippen MR) is 76.2 cm³/mol. The smallest absolute Gasteiger partial charge is 0.161 e. The third-order valence-corrected chi connectivity index (χ3v) is 2.99. The minimum Gasteiger partial charge on any atom is -1.00 e. The zero-order valence-electron chi connectivity index (χ0n) is 11.5. The third kappa shape index (κ3) is 4.74. The minimum atomic E-state index is 0. The summed E-state index contributed by atoms with van der Waals surface area (Å²) in [6.07, 6.45) is 6.19. The van der Waals surface area contributed by atoms with E-state index in [9.17, 15) is 5.11 Å². The second kappa shape index (κ2) is 8.43. The van der Waals surface area contributed by atoms with Gasteiger partial charge in [0, 0.05) is 13.0 Å². The molecule has 0 saturated carbocycles. The van der Waals surface area contributed by atoms with Gasteiger partial charge in [0.25, 0.3) is 0 Å². The van der Waals surface area contributed by atoms with Crippen molar-refractivity contribution < 1.29 is 22.3 Å². The van der Waals surface area contributed by atoms with Crippen LogP contribution in [0, 0.1) is 0 Å². The summed E-state index contributed by atoms with van der Waals surface area (Å²) in [7, 11) is 1.52. The van der Waals surface area contributed by atoms with E-state index < -0.39 is 0 Å². The molecule has 0 aromatic heterocycles. The molecule has 0 bridgehead atoms. The topological polar surface area (TPSA) is 66.2 Å². The highest BCUT2D eigenvalue weighted by molar-refractivity contribution is 5.85. The number of phenolic OH excluding ortho intramolecular Hbond substituents is 1. The Balaban J connectivity index is 0.00000200. The summed E-state index contributed by atoms with van der Waals surface area (Å²) >= 11 is 0. The molecule has 2 N–H and O–H groups in total. The van der Waals surface area contributed by atoms with Crippen molar-refractivity contribution in [2.45, 2.75) is 25.7 Å². The largest absolute Gasteiger partial charge is 1.00 e. The molecule has 0 unspecified atom stereocenters. The second-order valence-corrected chi connectivity index (χ2v) is 4.44. The van der Waals surface area contributed by atoms with Crippen LogP contribution in [-0.4, -0.2) is 30.8 Å². The highest BCUT2D eigenvalue weighted by Crippen LogP contribution is 2.25. The van der Waals surface area contributed by atoms with Crippen LogP contribution < -0.4 is 22.6 Å². The molecule has 1 aromatic rings. The molecule has 0 atom stereocenters. The van der Waals surface area contributed by atoms with Crippen molar-refractivity contribution in [3.8, 4) is 11.5 Å². The fraction of sp³-hybridized carbons (Fsp3) is 0.429. The van der Waals surface area contributed by atoms with E-state index in [0.29, 0.717) is 5.75 Å². The molecule has 20 heavy (non-hydrogen) atoms. The lowest BCUT2D eigenvalue weighted by atomic mass is 10.2. The first-order chi connectivity index (χ1) is 9.29. The number of aromatic hydroxyl groups is 1. The van der Waals surface area contributed by atoms with Gasteiger partial charge in [-0.05, 0) is 36.6 Å². The molecule has 6 heteroatoms. The van der Waals surface area contributed by atoms with Gasteiger partial charge in [-0.25, -0.2) is 0 Å². The van der Waals surface area contributed by atoms with Crippen LogP contribution in [0.15, 0.2) is 28.3 Å². The summed E-state index contributed by atoms with van der Waals surface area (Å²) in [5, 5.41) is 13.7. The summed E-state index contributed by atoms with van der Waals surface area (Å²) in [4.78, 5) is 4.43. The third-order valence-electron chi connectivity index (χ3n) is 2.99. The maximum Gasteiger partial charge on any atom is 0.161 e. The molecule has 110 valence electrons. The first-order valence-corrected chi connectivity index (χ1v) is 6.49. The summed E-state index contributed by atoms with van der Waals surface area (Å²) < 4.78 is 5.04. The van der Waals surface area contributed by atoms with E-state index >= 15 is 0 Å². The van der Waals surface area contributed by atoms with Gasteiger partial charge in [-0.2, -0.15) is 5.10 Å². The Morgan fingerprint density at radius 3 is 3.00 bits per heavy atom. The Kier molecular flexibility index (Phi) is 6.87. The van der Waals surface area contributed by atoms with Gasteiger partial charge in [0.05, 0.1) is 13.3 Å². The van der Waals surface area contributed by atoms with E-state index in [-0.39, 0.29) is 18.2 Å². The summed E-state index contributed by atoms with van der Waals surface area (Å²) in [5.74, 6) is 1.51. The van der Waals surface area contributed by atoms with Gasteiger partial charge < -0.3 is 22.3 Å². The number of hydrogen-bond acceptors (Lipinski definition) is 5. The Hall–Kier alpha value is -1.75. The van der Waals surface area contributed by atoms with Crippen LogP contribution in [0.3, 0.4) is 0 Å². The molecule has 0 aliphatic carbocycles. The monoisotopic (exact) mass is 296 g/mol. The van der Waals surface area contributed by atoms with Gasteiger partial charge in [-0.1, -0.05) is 6.42 Å². The number of rotatable bonds is 3. The average Bonchev–Trinajstić information content (AvgIpc) is 2.69. The molecule has 0 spiro atoms. The number of hydrogen-bond donors (Lipinski definition) is 2. The summed E-state index contributed by atoms with van der Waals surface area (Å²) in [6.45, 7) is 0.880. The van der Waals surface area contributed by atoms with Crippen molar-refractivity contribution in [1.82, 2.24) is 5.43 Å². The average molecular weight is 297 g/mol. The lowest BCUT2D eigenvalue weighted by Gasteiger charge is -2.04. The van der Waals surface area contributed by atoms with Gasteiger partial charge in [0.1, 0.15) is 5.84 Å². The highest BCUT2D eigenvalue weighted by Gasteiger charge is 2.03. The number of amidine groups is 1. The molecule has 1 heterocycles. The van der Waals surface area contributed by atoms with Gasteiger partial charge in [0.2, 0.25) is 0 Å². The van der Waals surface area contributed by atoms with Crippen molar-refractivity contribution in [3.63, 3.8) is 0 Å². The lowest BCUT2D eigenvalue weighted by molar-refractivity contribution is -0.00000519. The number of nitrogens with one attached hydrogen (secondary N) is 1. The molecular formula is C14H19ClN3O2-. The molecule has 1 aliphatic rings. The number of aliphatic imine (C=N–C) groups is 1. The zero-order chi connectivity index (χ0) is 13.5. The van der Waals surface area contributed by atoms with Crippen molar-refractivity contribution in [3.05, 3.63) is 23.8 Å². The zero-order valence-corrected chi connectivity index (χ0v) is 12.2. The Morgan fingerprint density at radius 1 is 1.35 bits per heavy atom. The van der Waals surface area contributed by atoms with Crippen molar-refractivity contribution in [1.29, 1.82) is 0 Å².